The van der Waals surface area contributed by atoms with Gasteiger partial charge in [0.15, 0.2) is 0 Å². The van der Waals surface area contributed by atoms with Crippen molar-refractivity contribution in [3.8, 4) is 11.5 Å². The molecule has 1 saturated heterocycles. The molecule has 1 amide bonds. The average Bonchev–Trinajstić information content (AvgIpc) is 3.24. The van der Waals surface area contributed by atoms with E-state index in [1.807, 2.05) is 11.8 Å². The molecule has 2 aliphatic rings. The highest BCUT2D eigenvalue weighted by molar-refractivity contribution is 7.89. The van der Waals surface area contributed by atoms with Crippen molar-refractivity contribution in [1.29, 1.82) is 0 Å². The van der Waals surface area contributed by atoms with E-state index in [4.69, 9.17) is 9.47 Å². The third-order valence-corrected chi connectivity index (χ3v) is 7.64. The summed E-state index contributed by atoms with van der Waals surface area (Å²) in [6.45, 7) is 3.74. The number of hydrogen-bond donors (Lipinski definition) is 0. The lowest BCUT2D eigenvalue weighted by molar-refractivity contribution is 0.0792. The molecule has 8 heteroatoms. The average molecular weight is 431 g/mol. The van der Waals surface area contributed by atoms with Crippen LogP contribution in [0.5, 0.6) is 11.5 Å². The fourth-order valence-electron chi connectivity index (χ4n) is 3.90. The van der Waals surface area contributed by atoms with Gasteiger partial charge in [0.1, 0.15) is 18.1 Å². The van der Waals surface area contributed by atoms with Crippen LogP contribution < -0.4 is 9.47 Å². The van der Waals surface area contributed by atoms with Gasteiger partial charge in [0.25, 0.3) is 5.91 Å². The minimum atomic E-state index is -3.75. The van der Waals surface area contributed by atoms with Crippen LogP contribution in [0.15, 0.2) is 47.4 Å². The highest BCUT2D eigenvalue weighted by Gasteiger charge is 2.33. The SMILES string of the molecule is COc1ccc(S(=O)(=O)N2Cc3cc(C(=O)N4CCCC4)ccc3OC[C@@H]2C)cc1. The van der Waals surface area contributed by atoms with E-state index in [0.29, 0.717) is 22.6 Å². The number of hydrogen-bond acceptors (Lipinski definition) is 5. The maximum absolute atomic E-state index is 13.3. The lowest BCUT2D eigenvalue weighted by atomic mass is 10.1. The van der Waals surface area contributed by atoms with Crippen LogP contribution in [0, 0.1) is 0 Å². The second kappa shape index (κ2) is 8.28. The second-order valence-corrected chi connectivity index (χ2v) is 9.60. The molecule has 0 aromatic heterocycles. The third kappa shape index (κ3) is 3.89. The van der Waals surface area contributed by atoms with Crippen LogP contribution in [0.4, 0.5) is 0 Å². The number of carbonyl (C=O) groups is 1. The molecule has 0 radical (unpaired) electrons. The van der Waals surface area contributed by atoms with Crippen LogP contribution in [0.3, 0.4) is 0 Å². The topological polar surface area (TPSA) is 76.2 Å². The summed E-state index contributed by atoms with van der Waals surface area (Å²) >= 11 is 0. The molecule has 2 aromatic carbocycles. The van der Waals surface area contributed by atoms with Crippen molar-refractivity contribution in [1.82, 2.24) is 9.21 Å². The number of sulfonamides is 1. The second-order valence-electron chi connectivity index (χ2n) is 7.71. The van der Waals surface area contributed by atoms with Gasteiger partial charge in [-0.2, -0.15) is 4.31 Å². The molecule has 2 aromatic rings. The van der Waals surface area contributed by atoms with Gasteiger partial charge in [0.05, 0.1) is 18.0 Å². The first-order chi connectivity index (χ1) is 14.4. The molecule has 2 heterocycles. The Morgan fingerprint density at radius 3 is 2.47 bits per heavy atom. The number of amides is 1. The van der Waals surface area contributed by atoms with Crippen molar-refractivity contribution in [2.45, 2.75) is 37.2 Å². The van der Waals surface area contributed by atoms with Crippen molar-refractivity contribution in [2.75, 3.05) is 26.8 Å². The standard InChI is InChI=1S/C22H26N2O5S/c1-16-15-29-21-10-5-17(22(25)23-11-3-4-12-23)13-18(21)14-24(16)30(26,27)20-8-6-19(28-2)7-9-20/h5-10,13,16H,3-4,11-12,14-15H2,1-2H3/t16-/m0/s1. The summed E-state index contributed by atoms with van der Waals surface area (Å²) in [6.07, 6.45) is 2.04. The number of carbonyl (C=O) groups excluding carboxylic acids is 1. The van der Waals surface area contributed by atoms with Gasteiger partial charge in [-0.1, -0.05) is 0 Å². The molecular weight excluding hydrogens is 404 g/mol. The molecule has 0 bridgehead atoms. The highest BCUT2D eigenvalue weighted by Crippen LogP contribution is 2.31. The Kier molecular flexibility index (Phi) is 5.71. The molecule has 0 unspecified atom stereocenters. The third-order valence-electron chi connectivity index (χ3n) is 5.66. The summed E-state index contributed by atoms with van der Waals surface area (Å²) in [5.74, 6) is 1.20. The summed E-state index contributed by atoms with van der Waals surface area (Å²) in [4.78, 5) is 14.8. The van der Waals surface area contributed by atoms with Crippen LogP contribution in [-0.2, 0) is 16.6 Å². The van der Waals surface area contributed by atoms with Gasteiger partial charge < -0.3 is 14.4 Å². The molecule has 4 rings (SSSR count). The van der Waals surface area contributed by atoms with E-state index >= 15 is 0 Å². The summed E-state index contributed by atoms with van der Waals surface area (Å²) in [5, 5.41) is 0. The van der Waals surface area contributed by atoms with Crippen molar-refractivity contribution >= 4 is 15.9 Å². The van der Waals surface area contributed by atoms with Gasteiger partial charge in [-0.25, -0.2) is 8.42 Å². The Hall–Kier alpha value is -2.58. The number of benzene rings is 2. The van der Waals surface area contributed by atoms with Crippen molar-refractivity contribution in [3.63, 3.8) is 0 Å². The zero-order chi connectivity index (χ0) is 21.3. The Balaban J connectivity index is 1.65. The van der Waals surface area contributed by atoms with Crippen LogP contribution in [0.2, 0.25) is 0 Å². The van der Waals surface area contributed by atoms with E-state index in [2.05, 4.69) is 0 Å². The van der Waals surface area contributed by atoms with Gasteiger partial charge in [-0.3, -0.25) is 4.79 Å². The summed E-state index contributed by atoms with van der Waals surface area (Å²) in [7, 11) is -2.21. The number of fused-ring (bicyclic) bond motifs is 1. The fraction of sp³-hybridized carbons (Fsp3) is 0.409. The minimum absolute atomic E-state index is 0.0165. The van der Waals surface area contributed by atoms with Crippen LogP contribution in [0.1, 0.15) is 35.7 Å². The molecule has 2 aliphatic heterocycles. The number of rotatable bonds is 4. The van der Waals surface area contributed by atoms with E-state index in [-0.39, 0.29) is 30.0 Å². The van der Waals surface area contributed by atoms with Crippen molar-refractivity contribution < 1.29 is 22.7 Å². The molecule has 0 spiro atoms. The minimum Gasteiger partial charge on any atom is -0.497 e. The Morgan fingerprint density at radius 1 is 1.10 bits per heavy atom. The van der Waals surface area contributed by atoms with E-state index < -0.39 is 10.0 Å². The Labute approximate surface area is 177 Å². The highest BCUT2D eigenvalue weighted by atomic mass is 32.2. The molecule has 30 heavy (non-hydrogen) atoms. The number of methoxy groups -OCH3 is 1. The molecule has 0 saturated carbocycles. The molecular formula is C22H26N2O5S. The van der Waals surface area contributed by atoms with Crippen LogP contribution >= 0.6 is 0 Å². The number of likely N-dealkylation sites (tertiary alicyclic amines) is 1. The molecule has 0 N–H and O–H groups in total. The first kappa shape index (κ1) is 20.7. The summed E-state index contributed by atoms with van der Waals surface area (Å²) in [5.41, 5.74) is 1.26. The smallest absolute Gasteiger partial charge is 0.253 e. The zero-order valence-electron chi connectivity index (χ0n) is 17.2. The fourth-order valence-corrected chi connectivity index (χ4v) is 5.50. The quantitative estimate of drug-likeness (QED) is 0.746. The largest absolute Gasteiger partial charge is 0.497 e. The Bertz CT molecular complexity index is 1030. The molecule has 160 valence electrons. The van der Waals surface area contributed by atoms with E-state index in [1.54, 1.807) is 42.5 Å². The van der Waals surface area contributed by atoms with Gasteiger partial charge >= 0.3 is 0 Å². The van der Waals surface area contributed by atoms with E-state index in [9.17, 15) is 13.2 Å². The lowest BCUT2D eigenvalue weighted by Crippen LogP contribution is -2.39. The zero-order valence-corrected chi connectivity index (χ0v) is 18.0. The summed E-state index contributed by atoms with van der Waals surface area (Å²) in [6, 6.07) is 11.3. The normalized spacial score (nSPS) is 19.7. The first-order valence-corrected chi connectivity index (χ1v) is 11.5. The van der Waals surface area contributed by atoms with Gasteiger partial charge in [-0.05, 0) is 62.2 Å². The van der Waals surface area contributed by atoms with Crippen molar-refractivity contribution in [2.24, 2.45) is 0 Å². The maximum Gasteiger partial charge on any atom is 0.253 e. The predicted molar refractivity (Wildman–Crippen MR) is 112 cm³/mol. The van der Waals surface area contributed by atoms with Gasteiger partial charge in [0, 0.05) is 30.8 Å². The van der Waals surface area contributed by atoms with E-state index in [0.717, 1.165) is 25.9 Å². The molecule has 1 atom stereocenters. The predicted octanol–water partition coefficient (Wildman–Crippen LogP) is 2.90. The first-order valence-electron chi connectivity index (χ1n) is 10.1. The van der Waals surface area contributed by atoms with E-state index in [1.165, 1.54) is 11.4 Å². The Morgan fingerprint density at radius 2 is 1.80 bits per heavy atom. The molecule has 1 fully saturated rings. The summed E-state index contributed by atoms with van der Waals surface area (Å²) < 4.78 is 39.1. The van der Waals surface area contributed by atoms with Crippen LogP contribution in [0.25, 0.3) is 0 Å². The monoisotopic (exact) mass is 430 g/mol. The number of nitrogens with zero attached hydrogens (tertiary/aromatic N) is 2. The molecule has 7 nitrogen and oxygen atoms in total. The van der Waals surface area contributed by atoms with Gasteiger partial charge in [0.2, 0.25) is 10.0 Å². The van der Waals surface area contributed by atoms with Crippen molar-refractivity contribution in [3.05, 3.63) is 53.6 Å². The number of ether oxygens (including phenoxy) is 2. The van der Waals surface area contributed by atoms with Gasteiger partial charge in [-0.15, -0.1) is 0 Å². The lowest BCUT2D eigenvalue weighted by Gasteiger charge is -2.25. The maximum atomic E-state index is 13.3. The van der Waals surface area contributed by atoms with Crippen LogP contribution in [-0.4, -0.2) is 56.4 Å². The molecule has 0 aliphatic carbocycles.